The number of hydrogen-bond donors (Lipinski definition) is 1. The van der Waals surface area contributed by atoms with Gasteiger partial charge in [0.15, 0.2) is 0 Å². The van der Waals surface area contributed by atoms with E-state index in [0.717, 1.165) is 6.42 Å². The average molecular weight is 168 g/mol. The third-order valence-electron chi connectivity index (χ3n) is 3.56. The lowest BCUT2D eigenvalue weighted by Crippen LogP contribution is -2.18. The number of carbonyl (C=O) groups excluding carboxylic acids is 1. The van der Waals surface area contributed by atoms with Crippen molar-refractivity contribution in [1.82, 2.24) is 0 Å². The van der Waals surface area contributed by atoms with E-state index in [0.29, 0.717) is 12.8 Å². The van der Waals surface area contributed by atoms with Gasteiger partial charge in [0.05, 0.1) is 5.92 Å². The lowest BCUT2D eigenvalue weighted by molar-refractivity contribution is -0.142. The van der Waals surface area contributed by atoms with Crippen molar-refractivity contribution >= 4 is 11.8 Å². The lowest BCUT2D eigenvalue weighted by atomic mass is 9.95. The van der Waals surface area contributed by atoms with Crippen LogP contribution in [0.4, 0.5) is 0 Å². The Morgan fingerprint density at radius 2 is 2.42 bits per heavy atom. The van der Waals surface area contributed by atoms with E-state index in [2.05, 4.69) is 0 Å². The number of hydrogen-bond acceptors (Lipinski definition) is 2. The highest BCUT2D eigenvalue weighted by Gasteiger charge is 2.73. The quantitative estimate of drug-likeness (QED) is 0.671. The summed E-state index contributed by atoms with van der Waals surface area (Å²) in [5, 5.41) is 8.82. The molecule has 0 aromatic heterocycles. The molecule has 0 amide bonds. The minimum absolute atomic E-state index is 0.160. The molecule has 66 valence electrons. The summed E-state index contributed by atoms with van der Waals surface area (Å²) in [6.07, 6.45) is 2.10. The first-order chi connectivity index (χ1) is 5.64. The Hall–Kier alpha value is -0.860. The van der Waals surface area contributed by atoms with Gasteiger partial charge in [-0.25, -0.2) is 0 Å². The van der Waals surface area contributed by atoms with Gasteiger partial charge < -0.3 is 5.11 Å². The maximum atomic E-state index is 11.4. The van der Waals surface area contributed by atoms with Gasteiger partial charge in [0.2, 0.25) is 0 Å². The molecule has 2 saturated carbocycles. The molecule has 0 bridgehead atoms. The molecule has 12 heavy (non-hydrogen) atoms. The Kier molecular flexibility index (Phi) is 1.35. The van der Waals surface area contributed by atoms with Crippen molar-refractivity contribution in [3.8, 4) is 0 Å². The summed E-state index contributed by atoms with van der Waals surface area (Å²) in [5.74, 6) is -0.798. The zero-order valence-corrected chi connectivity index (χ0v) is 7.04. The van der Waals surface area contributed by atoms with E-state index in [1.807, 2.05) is 6.92 Å². The second kappa shape index (κ2) is 2.09. The van der Waals surface area contributed by atoms with Gasteiger partial charge in [0.25, 0.3) is 0 Å². The summed E-state index contributed by atoms with van der Waals surface area (Å²) < 4.78 is 0. The first-order valence-corrected chi connectivity index (χ1v) is 4.40. The second-order valence-electron chi connectivity index (χ2n) is 3.78. The molecule has 3 nitrogen and oxygen atoms in total. The van der Waals surface area contributed by atoms with Crippen LogP contribution < -0.4 is 0 Å². The number of fused-ring (bicyclic) bond motifs is 1. The molecule has 0 aromatic rings. The van der Waals surface area contributed by atoms with E-state index in [1.54, 1.807) is 0 Å². The lowest BCUT2D eigenvalue weighted by Gasteiger charge is -2.07. The summed E-state index contributed by atoms with van der Waals surface area (Å²) in [4.78, 5) is 22.2. The molecular formula is C9H12O3. The Labute approximate surface area is 70.8 Å². The van der Waals surface area contributed by atoms with Crippen LogP contribution in [-0.2, 0) is 9.59 Å². The Morgan fingerprint density at radius 1 is 1.75 bits per heavy atom. The van der Waals surface area contributed by atoms with Gasteiger partial charge in [-0.15, -0.1) is 0 Å². The fraction of sp³-hybridized carbons (Fsp3) is 0.778. The predicted octanol–water partition coefficient (Wildman–Crippen LogP) is 1.08. The van der Waals surface area contributed by atoms with Crippen molar-refractivity contribution < 1.29 is 14.7 Å². The molecule has 2 aliphatic rings. The third kappa shape index (κ3) is 0.625. The van der Waals surface area contributed by atoms with Crippen LogP contribution in [-0.4, -0.2) is 16.9 Å². The van der Waals surface area contributed by atoms with Crippen LogP contribution in [0.5, 0.6) is 0 Å². The van der Waals surface area contributed by atoms with Crippen LogP contribution in [0.1, 0.15) is 26.2 Å². The van der Waals surface area contributed by atoms with Crippen LogP contribution in [0.25, 0.3) is 0 Å². The average Bonchev–Trinajstić information content (AvgIpc) is 2.60. The molecule has 0 saturated heterocycles. The van der Waals surface area contributed by atoms with Crippen LogP contribution >= 0.6 is 0 Å². The smallest absolute Gasteiger partial charge is 0.307 e. The molecule has 0 spiro atoms. The Morgan fingerprint density at radius 3 is 2.75 bits per heavy atom. The van der Waals surface area contributed by atoms with Gasteiger partial charge in [-0.1, -0.05) is 6.92 Å². The predicted molar refractivity (Wildman–Crippen MR) is 41.6 cm³/mol. The summed E-state index contributed by atoms with van der Waals surface area (Å²) in [6, 6.07) is 0. The molecule has 0 heterocycles. The Bertz CT molecular complexity index is 258. The van der Waals surface area contributed by atoms with Gasteiger partial charge in [-0.2, -0.15) is 0 Å². The van der Waals surface area contributed by atoms with E-state index >= 15 is 0 Å². The van der Waals surface area contributed by atoms with Crippen LogP contribution in [0, 0.1) is 17.3 Å². The summed E-state index contributed by atoms with van der Waals surface area (Å²) in [7, 11) is 0. The topological polar surface area (TPSA) is 54.4 Å². The van der Waals surface area contributed by atoms with Crippen molar-refractivity contribution in [1.29, 1.82) is 0 Å². The molecule has 2 rings (SSSR count). The van der Waals surface area contributed by atoms with Crippen molar-refractivity contribution in [2.24, 2.45) is 17.3 Å². The molecule has 0 aromatic carbocycles. The zero-order chi connectivity index (χ0) is 8.93. The molecule has 3 unspecified atom stereocenters. The molecule has 2 aliphatic carbocycles. The number of aliphatic carboxylic acids is 1. The molecule has 3 heteroatoms. The van der Waals surface area contributed by atoms with E-state index in [4.69, 9.17) is 5.11 Å². The largest absolute Gasteiger partial charge is 0.481 e. The molecule has 0 radical (unpaired) electrons. The first kappa shape index (κ1) is 7.77. The number of ketones is 1. The molecule has 2 fully saturated rings. The number of Topliss-reactive ketones (excluding diaryl/α,β-unsaturated/α-hetero) is 1. The number of carboxylic acids is 1. The highest BCUT2D eigenvalue weighted by molar-refractivity contribution is 5.98. The van der Waals surface area contributed by atoms with Gasteiger partial charge in [0.1, 0.15) is 5.78 Å². The van der Waals surface area contributed by atoms with Crippen molar-refractivity contribution in [3.05, 3.63) is 0 Å². The van der Waals surface area contributed by atoms with Crippen molar-refractivity contribution in [2.75, 3.05) is 0 Å². The van der Waals surface area contributed by atoms with Gasteiger partial charge in [-0.05, 0) is 18.8 Å². The minimum Gasteiger partial charge on any atom is -0.481 e. The summed E-state index contributed by atoms with van der Waals surface area (Å²) >= 11 is 0. The fourth-order valence-corrected chi connectivity index (χ4v) is 2.91. The highest BCUT2D eigenvalue weighted by Crippen LogP contribution is 2.68. The molecule has 0 aliphatic heterocycles. The minimum atomic E-state index is -0.782. The van der Waals surface area contributed by atoms with E-state index < -0.39 is 11.4 Å². The molecule has 3 atom stereocenters. The van der Waals surface area contributed by atoms with E-state index in [9.17, 15) is 9.59 Å². The fourth-order valence-electron chi connectivity index (χ4n) is 2.91. The highest BCUT2D eigenvalue weighted by atomic mass is 16.4. The second-order valence-corrected chi connectivity index (χ2v) is 3.78. The van der Waals surface area contributed by atoms with Crippen molar-refractivity contribution in [2.45, 2.75) is 26.2 Å². The van der Waals surface area contributed by atoms with Crippen LogP contribution in [0.15, 0.2) is 0 Å². The van der Waals surface area contributed by atoms with E-state index in [1.165, 1.54) is 0 Å². The normalized spacial score (nSPS) is 44.2. The number of carboxylic acid groups (broad SMARTS) is 1. The van der Waals surface area contributed by atoms with Crippen LogP contribution in [0.2, 0.25) is 0 Å². The number of rotatable bonds is 2. The summed E-state index contributed by atoms with van der Waals surface area (Å²) in [5.41, 5.74) is -0.439. The maximum absolute atomic E-state index is 11.4. The Balaban J connectivity index is 2.27. The van der Waals surface area contributed by atoms with Gasteiger partial charge >= 0.3 is 5.97 Å². The maximum Gasteiger partial charge on any atom is 0.307 e. The van der Waals surface area contributed by atoms with Crippen LogP contribution in [0.3, 0.4) is 0 Å². The zero-order valence-electron chi connectivity index (χ0n) is 7.04. The number of carbonyl (C=O) groups is 2. The molecule has 1 N–H and O–H groups in total. The third-order valence-corrected chi connectivity index (χ3v) is 3.56. The summed E-state index contributed by atoms with van der Waals surface area (Å²) in [6.45, 7) is 1.92. The first-order valence-electron chi connectivity index (χ1n) is 4.40. The van der Waals surface area contributed by atoms with Crippen molar-refractivity contribution in [3.63, 3.8) is 0 Å². The SMILES string of the molecule is CCC12C(=O)CCC1C2C(=O)O. The molecular weight excluding hydrogens is 156 g/mol. The standard InChI is InChI=1S/C9H12O3/c1-2-9-5(3-4-6(9)10)7(9)8(11)12/h5,7H,2-4H2,1H3,(H,11,12). The monoisotopic (exact) mass is 168 g/mol. The van der Waals surface area contributed by atoms with E-state index in [-0.39, 0.29) is 17.6 Å². The van der Waals surface area contributed by atoms with Gasteiger partial charge in [-0.3, -0.25) is 9.59 Å². The van der Waals surface area contributed by atoms with Gasteiger partial charge in [0, 0.05) is 11.8 Å².